The van der Waals surface area contributed by atoms with Gasteiger partial charge in [-0.1, -0.05) is 6.07 Å². The largest absolute Gasteiger partial charge is 0.478 e. The zero-order valence-corrected chi connectivity index (χ0v) is 10.4. The van der Waals surface area contributed by atoms with Gasteiger partial charge >= 0.3 is 5.97 Å². The maximum atomic E-state index is 13.4. The Kier molecular flexibility index (Phi) is 4.84. The average molecular weight is 269 g/mol. The molecule has 0 radical (unpaired) electrons. The molecule has 0 bridgehead atoms. The van der Waals surface area contributed by atoms with E-state index in [0.717, 1.165) is 0 Å². The lowest BCUT2D eigenvalue weighted by Crippen LogP contribution is -2.37. The molecule has 104 valence electrons. The second-order valence-electron chi connectivity index (χ2n) is 4.32. The molecule has 0 saturated carbocycles. The number of carbonyl (C=O) groups is 1. The van der Waals surface area contributed by atoms with Crippen LogP contribution in [0.1, 0.15) is 15.9 Å². The maximum Gasteiger partial charge on any atom is 0.338 e. The Hall–Kier alpha value is -1.50. The van der Waals surface area contributed by atoms with Crippen molar-refractivity contribution in [3.63, 3.8) is 0 Å². The van der Waals surface area contributed by atoms with Gasteiger partial charge in [-0.05, 0) is 17.7 Å². The van der Waals surface area contributed by atoms with E-state index in [1.165, 1.54) is 12.1 Å². The highest BCUT2D eigenvalue weighted by molar-refractivity contribution is 5.87. The lowest BCUT2D eigenvalue weighted by molar-refractivity contribution is -0.0864. The number of aromatic carboxylic acids is 1. The lowest BCUT2D eigenvalue weighted by atomic mass is 10.1. The highest BCUT2D eigenvalue weighted by Crippen LogP contribution is 2.10. The molecule has 0 aromatic heterocycles. The second-order valence-corrected chi connectivity index (χ2v) is 4.32. The summed E-state index contributed by atoms with van der Waals surface area (Å²) in [4.78, 5) is 10.7. The molecule has 19 heavy (non-hydrogen) atoms. The molecule has 1 aromatic carbocycles. The smallest absolute Gasteiger partial charge is 0.338 e. The number of hydrogen-bond donors (Lipinski definition) is 2. The molecule has 1 unspecified atom stereocenters. The van der Waals surface area contributed by atoms with Crippen LogP contribution in [0.4, 0.5) is 4.39 Å². The van der Waals surface area contributed by atoms with E-state index in [2.05, 4.69) is 5.32 Å². The van der Waals surface area contributed by atoms with Crippen LogP contribution in [0, 0.1) is 5.82 Å². The topological polar surface area (TPSA) is 67.8 Å². The fourth-order valence-electron chi connectivity index (χ4n) is 1.87. The van der Waals surface area contributed by atoms with Crippen LogP contribution in [0.3, 0.4) is 0 Å². The van der Waals surface area contributed by atoms with Crippen LogP contribution in [0.2, 0.25) is 0 Å². The number of rotatable bonds is 5. The first kappa shape index (κ1) is 13.9. The molecule has 2 rings (SSSR count). The first-order valence-electron chi connectivity index (χ1n) is 6.08. The molecule has 1 heterocycles. The summed E-state index contributed by atoms with van der Waals surface area (Å²) < 4.78 is 24.1. The van der Waals surface area contributed by atoms with Crippen LogP contribution in [0.25, 0.3) is 0 Å². The van der Waals surface area contributed by atoms with E-state index in [1.807, 2.05) is 0 Å². The van der Waals surface area contributed by atoms with Crippen LogP contribution in [-0.4, -0.2) is 43.5 Å². The summed E-state index contributed by atoms with van der Waals surface area (Å²) in [7, 11) is 0. The number of carboxylic acids is 1. The molecule has 0 amide bonds. The first-order valence-corrected chi connectivity index (χ1v) is 6.08. The van der Waals surface area contributed by atoms with E-state index >= 15 is 0 Å². The van der Waals surface area contributed by atoms with Crippen molar-refractivity contribution in [2.75, 3.05) is 26.4 Å². The number of halogens is 1. The van der Waals surface area contributed by atoms with E-state index < -0.39 is 11.8 Å². The number of ether oxygens (including phenoxy) is 2. The van der Waals surface area contributed by atoms with Gasteiger partial charge in [0, 0.05) is 13.1 Å². The van der Waals surface area contributed by atoms with E-state index in [0.29, 0.717) is 38.5 Å². The molecule has 6 heteroatoms. The first-order chi connectivity index (χ1) is 9.16. The molecule has 1 atom stereocenters. The summed E-state index contributed by atoms with van der Waals surface area (Å²) >= 11 is 0. The SMILES string of the molecule is O=C(O)c1ccc(CNCC2COCCO2)cc1F. The van der Waals surface area contributed by atoms with Gasteiger partial charge in [-0.25, -0.2) is 9.18 Å². The fourth-order valence-corrected chi connectivity index (χ4v) is 1.87. The minimum absolute atomic E-state index is 0.0110. The monoisotopic (exact) mass is 269 g/mol. The van der Waals surface area contributed by atoms with Crippen molar-refractivity contribution in [2.24, 2.45) is 0 Å². The van der Waals surface area contributed by atoms with Crippen molar-refractivity contribution < 1.29 is 23.8 Å². The van der Waals surface area contributed by atoms with Crippen molar-refractivity contribution in [2.45, 2.75) is 12.6 Å². The number of carboxylic acid groups (broad SMARTS) is 1. The summed E-state index contributed by atoms with van der Waals surface area (Å²) in [5, 5.41) is 11.8. The van der Waals surface area contributed by atoms with Gasteiger partial charge in [-0.2, -0.15) is 0 Å². The molecule has 1 saturated heterocycles. The zero-order chi connectivity index (χ0) is 13.7. The Morgan fingerprint density at radius 3 is 2.95 bits per heavy atom. The Morgan fingerprint density at radius 2 is 2.32 bits per heavy atom. The van der Waals surface area contributed by atoms with E-state index in [1.54, 1.807) is 6.07 Å². The molecule has 1 aliphatic heterocycles. The Labute approximate surface area is 110 Å². The normalized spacial score (nSPS) is 19.3. The molecular formula is C13H16FNO4. The summed E-state index contributed by atoms with van der Waals surface area (Å²) in [5.41, 5.74) is 0.381. The lowest BCUT2D eigenvalue weighted by Gasteiger charge is -2.23. The third-order valence-corrected chi connectivity index (χ3v) is 2.85. The van der Waals surface area contributed by atoms with Gasteiger partial charge in [0.1, 0.15) is 5.82 Å². The van der Waals surface area contributed by atoms with Crippen LogP contribution in [-0.2, 0) is 16.0 Å². The van der Waals surface area contributed by atoms with Gasteiger partial charge in [-0.15, -0.1) is 0 Å². The van der Waals surface area contributed by atoms with Gasteiger partial charge in [0.05, 0.1) is 31.5 Å². The zero-order valence-electron chi connectivity index (χ0n) is 10.4. The summed E-state index contributed by atoms with van der Waals surface area (Å²) in [6, 6.07) is 4.10. The average Bonchev–Trinajstić information content (AvgIpc) is 2.39. The standard InChI is InChI=1S/C13H16FNO4/c14-12-5-9(1-2-11(12)13(16)17)6-15-7-10-8-18-3-4-19-10/h1-2,5,10,15H,3-4,6-8H2,(H,16,17). The highest BCUT2D eigenvalue weighted by atomic mass is 19.1. The van der Waals surface area contributed by atoms with E-state index in [9.17, 15) is 9.18 Å². The molecular weight excluding hydrogens is 253 g/mol. The highest BCUT2D eigenvalue weighted by Gasteiger charge is 2.14. The molecule has 1 aliphatic rings. The Morgan fingerprint density at radius 1 is 1.47 bits per heavy atom. The van der Waals surface area contributed by atoms with Crippen molar-refractivity contribution in [1.29, 1.82) is 0 Å². The number of nitrogens with one attached hydrogen (secondary N) is 1. The minimum Gasteiger partial charge on any atom is -0.478 e. The summed E-state index contributed by atoms with van der Waals surface area (Å²) in [5.74, 6) is -1.98. The summed E-state index contributed by atoms with van der Waals surface area (Å²) in [6.45, 7) is 2.84. The van der Waals surface area contributed by atoms with Crippen molar-refractivity contribution in [1.82, 2.24) is 5.32 Å². The Bertz CT molecular complexity index is 446. The molecule has 5 nitrogen and oxygen atoms in total. The number of hydrogen-bond acceptors (Lipinski definition) is 4. The summed E-state index contributed by atoms with van der Waals surface area (Å²) in [6.07, 6.45) is 0.0110. The fraction of sp³-hybridized carbons (Fsp3) is 0.462. The molecule has 0 aliphatic carbocycles. The van der Waals surface area contributed by atoms with Crippen molar-refractivity contribution >= 4 is 5.97 Å². The maximum absolute atomic E-state index is 13.4. The predicted molar refractivity (Wildman–Crippen MR) is 65.6 cm³/mol. The molecule has 2 N–H and O–H groups in total. The third kappa shape index (κ3) is 3.99. The van der Waals surface area contributed by atoms with Crippen LogP contribution < -0.4 is 5.32 Å². The Balaban J connectivity index is 1.82. The third-order valence-electron chi connectivity index (χ3n) is 2.85. The van der Waals surface area contributed by atoms with Gasteiger partial charge in [0.2, 0.25) is 0 Å². The van der Waals surface area contributed by atoms with Gasteiger partial charge in [0.15, 0.2) is 0 Å². The van der Waals surface area contributed by atoms with E-state index in [4.69, 9.17) is 14.6 Å². The second kappa shape index (κ2) is 6.60. The van der Waals surface area contributed by atoms with Crippen molar-refractivity contribution in [3.8, 4) is 0 Å². The number of benzene rings is 1. The molecule has 0 spiro atoms. The van der Waals surface area contributed by atoms with Crippen molar-refractivity contribution in [3.05, 3.63) is 35.1 Å². The minimum atomic E-state index is -1.26. The van der Waals surface area contributed by atoms with E-state index in [-0.39, 0.29) is 11.7 Å². The van der Waals surface area contributed by atoms with Crippen LogP contribution in [0.15, 0.2) is 18.2 Å². The van der Waals surface area contributed by atoms with Gasteiger partial charge < -0.3 is 19.9 Å². The molecule has 1 fully saturated rings. The molecule has 1 aromatic rings. The van der Waals surface area contributed by atoms with Crippen LogP contribution >= 0.6 is 0 Å². The van der Waals surface area contributed by atoms with Crippen LogP contribution in [0.5, 0.6) is 0 Å². The van der Waals surface area contributed by atoms with Gasteiger partial charge in [-0.3, -0.25) is 0 Å². The van der Waals surface area contributed by atoms with Gasteiger partial charge in [0.25, 0.3) is 0 Å². The predicted octanol–water partition coefficient (Wildman–Crippen LogP) is 1.03. The quantitative estimate of drug-likeness (QED) is 0.835.